The van der Waals surface area contributed by atoms with Gasteiger partial charge in [0.2, 0.25) is 0 Å². The summed E-state index contributed by atoms with van der Waals surface area (Å²) in [6.07, 6.45) is 1.25. The summed E-state index contributed by atoms with van der Waals surface area (Å²) in [5.41, 5.74) is 1.46. The third-order valence-electron chi connectivity index (χ3n) is 3.02. The third-order valence-corrected chi connectivity index (χ3v) is 3.02. The van der Waals surface area contributed by atoms with Crippen LogP contribution in [-0.4, -0.2) is 28.6 Å². The van der Waals surface area contributed by atoms with E-state index in [1.165, 1.54) is 6.42 Å². The van der Waals surface area contributed by atoms with Crippen LogP contribution in [0.2, 0.25) is 0 Å². The fourth-order valence-corrected chi connectivity index (χ4v) is 1.84. The van der Waals surface area contributed by atoms with Crippen LogP contribution in [0.15, 0.2) is 24.3 Å². The Hall–Kier alpha value is -1.35. The summed E-state index contributed by atoms with van der Waals surface area (Å²) in [4.78, 5) is 13.1. The van der Waals surface area contributed by atoms with Gasteiger partial charge in [0, 0.05) is 19.1 Å². The van der Waals surface area contributed by atoms with Gasteiger partial charge in [0.1, 0.15) is 0 Å². The van der Waals surface area contributed by atoms with Gasteiger partial charge in [-0.15, -0.1) is 0 Å². The molecule has 0 aliphatic carbocycles. The molecule has 1 saturated heterocycles. The number of rotatable bonds is 3. The number of hydrogen-bond acceptors (Lipinski definition) is 2. The number of nitrogens with zero attached hydrogens (tertiary/aromatic N) is 1. The molecule has 1 unspecified atom stereocenters. The predicted molar refractivity (Wildman–Crippen MR) is 57.9 cm³/mol. The van der Waals surface area contributed by atoms with Crippen molar-refractivity contribution in [3.8, 4) is 0 Å². The standard InChI is InChI=1S/C12H15NO2/c1-9-5-6-13(9)8-10-3-2-4-11(7-10)12(14)15/h2-4,7,9H,5-6,8H2,1H3,(H,14,15). The van der Waals surface area contributed by atoms with Crippen LogP contribution in [0.3, 0.4) is 0 Å². The Morgan fingerprint density at radius 1 is 1.60 bits per heavy atom. The van der Waals surface area contributed by atoms with Crippen molar-refractivity contribution in [2.24, 2.45) is 0 Å². The molecule has 0 radical (unpaired) electrons. The van der Waals surface area contributed by atoms with Gasteiger partial charge in [-0.25, -0.2) is 4.79 Å². The molecule has 1 aliphatic rings. The summed E-state index contributed by atoms with van der Waals surface area (Å²) < 4.78 is 0. The molecular formula is C12H15NO2. The van der Waals surface area contributed by atoms with Gasteiger partial charge in [0.15, 0.2) is 0 Å². The Bertz CT molecular complexity index is 376. The average molecular weight is 205 g/mol. The molecule has 0 spiro atoms. The van der Waals surface area contributed by atoms with Crippen LogP contribution in [0.4, 0.5) is 0 Å². The number of benzene rings is 1. The monoisotopic (exact) mass is 205 g/mol. The lowest BCUT2D eigenvalue weighted by Gasteiger charge is -2.38. The number of carboxylic acid groups (broad SMARTS) is 1. The van der Waals surface area contributed by atoms with Crippen molar-refractivity contribution in [2.75, 3.05) is 6.54 Å². The maximum Gasteiger partial charge on any atom is 0.335 e. The van der Waals surface area contributed by atoms with Crippen molar-refractivity contribution in [1.29, 1.82) is 0 Å². The Morgan fingerprint density at radius 3 is 2.93 bits per heavy atom. The molecule has 2 rings (SSSR count). The molecule has 1 aliphatic heterocycles. The summed E-state index contributed by atoms with van der Waals surface area (Å²) in [5, 5.41) is 8.85. The maximum atomic E-state index is 10.8. The second-order valence-electron chi connectivity index (χ2n) is 4.11. The van der Waals surface area contributed by atoms with Crippen molar-refractivity contribution < 1.29 is 9.90 Å². The number of hydrogen-bond donors (Lipinski definition) is 1. The molecule has 1 heterocycles. The normalized spacial score (nSPS) is 21.0. The van der Waals surface area contributed by atoms with Gasteiger partial charge in [0.05, 0.1) is 5.56 Å². The third kappa shape index (κ3) is 2.18. The van der Waals surface area contributed by atoms with Gasteiger partial charge >= 0.3 is 5.97 Å². The molecule has 0 aromatic heterocycles. The first kappa shape index (κ1) is 10.2. The predicted octanol–water partition coefficient (Wildman–Crippen LogP) is 1.98. The van der Waals surface area contributed by atoms with Gasteiger partial charge < -0.3 is 5.11 Å². The van der Waals surface area contributed by atoms with E-state index in [1.807, 2.05) is 12.1 Å². The lowest BCUT2D eigenvalue weighted by atomic mass is 10.0. The summed E-state index contributed by atoms with van der Waals surface area (Å²) in [6, 6.07) is 7.82. The second kappa shape index (κ2) is 4.03. The fraction of sp³-hybridized carbons (Fsp3) is 0.417. The highest BCUT2D eigenvalue weighted by Crippen LogP contribution is 2.20. The zero-order chi connectivity index (χ0) is 10.8. The minimum atomic E-state index is -0.853. The van der Waals surface area contributed by atoms with Crippen LogP contribution in [0.1, 0.15) is 29.3 Å². The van der Waals surface area contributed by atoms with Gasteiger partial charge in [-0.3, -0.25) is 4.90 Å². The van der Waals surface area contributed by atoms with E-state index >= 15 is 0 Å². The highest BCUT2D eigenvalue weighted by atomic mass is 16.4. The Balaban J connectivity index is 2.08. The molecule has 0 bridgehead atoms. The van der Waals surface area contributed by atoms with Crippen LogP contribution < -0.4 is 0 Å². The van der Waals surface area contributed by atoms with E-state index in [1.54, 1.807) is 12.1 Å². The van der Waals surface area contributed by atoms with Gasteiger partial charge in [-0.2, -0.15) is 0 Å². The molecule has 1 atom stereocenters. The number of carbonyl (C=O) groups is 1. The molecule has 80 valence electrons. The molecule has 0 amide bonds. The molecule has 1 fully saturated rings. The van der Waals surface area contributed by atoms with Gasteiger partial charge in [-0.1, -0.05) is 12.1 Å². The lowest BCUT2D eigenvalue weighted by molar-refractivity contribution is 0.0696. The van der Waals surface area contributed by atoms with E-state index in [4.69, 9.17) is 5.11 Å². The van der Waals surface area contributed by atoms with Crippen molar-refractivity contribution in [3.05, 3.63) is 35.4 Å². The Morgan fingerprint density at radius 2 is 2.40 bits per heavy atom. The molecule has 1 aromatic carbocycles. The first-order valence-electron chi connectivity index (χ1n) is 5.23. The first-order chi connectivity index (χ1) is 7.16. The summed E-state index contributed by atoms with van der Waals surface area (Å²) >= 11 is 0. The minimum Gasteiger partial charge on any atom is -0.478 e. The van der Waals surface area contributed by atoms with E-state index in [-0.39, 0.29) is 0 Å². The molecular weight excluding hydrogens is 190 g/mol. The Labute approximate surface area is 89.3 Å². The van der Waals surface area contributed by atoms with E-state index in [0.29, 0.717) is 11.6 Å². The average Bonchev–Trinajstić information content (AvgIpc) is 2.24. The van der Waals surface area contributed by atoms with E-state index in [0.717, 1.165) is 18.7 Å². The van der Waals surface area contributed by atoms with Crippen LogP contribution in [0, 0.1) is 0 Å². The zero-order valence-corrected chi connectivity index (χ0v) is 8.81. The smallest absolute Gasteiger partial charge is 0.335 e. The summed E-state index contributed by atoms with van der Waals surface area (Å²) in [5.74, 6) is -0.853. The molecule has 3 nitrogen and oxygen atoms in total. The lowest BCUT2D eigenvalue weighted by Crippen LogP contribution is -2.44. The van der Waals surface area contributed by atoms with Crippen LogP contribution in [0.5, 0.6) is 0 Å². The van der Waals surface area contributed by atoms with Crippen molar-refractivity contribution in [2.45, 2.75) is 25.9 Å². The van der Waals surface area contributed by atoms with Crippen molar-refractivity contribution in [3.63, 3.8) is 0 Å². The Kier molecular flexibility index (Phi) is 2.73. The van der Waals surface area contributed by atoms with E-state index < -0.39 is 5.97 Å². The topological polar surface area (TPSA) is 40.5 Å². The maximum absolute atomic E-state index is 10.8. The number of carboxylic acids is 1. The molecule has 1 aromatic rings. The fourth-order valence-electron chi connectivity index (χ4n) is 1.84. The number of aromatic carboxylic acids is 1. The highest BCUT2D eigenvalue weighted by molar-refractivity contribution is 5.87. The summed E-state index contributed by atoms with van der Waals surface area (Å²) in [7, 11) is 0. The van der Waals surface area contributed by atoms with Crippen LogP contribution in [-0.2, 0) is 6.54 Å². The second-order valence-corrected chi connectivity index (χ2v) is 4.11. The van der Waals surface area contributed by atoms with Crippen molar-refractivity contribution in [1.82, 2.24) is 4.90 Å². The summed E-state index contributed by atoms with van der Waals surface area (Å²) in [6.45, 7) is 4.19. The molecule has 0 saturated carbocycles. The van der Waals surface area contributed by atoms with Crippen molar-refractivity contribution >= 4 is 5.97 Å². The van der Waals surface area contributed by atoms with Gasteiger partial charge in [0.25, 0.3) is 0 Å². The molecule has 3 heteroatoms. The van der Waals surface area contributed by atoms with E-state index in [2.05, 4.69) is 11.8 Å². The zero-order valence-electron chi connectivity index (χ0n) is 8.81. The highest BCUT2D eigenvalue weighted by Gasteiger charge is 2.23. The molecule has 15 heavy (non-hydrogen) atoms. The molecule has 1 N–H and O–H groups in total. The minimum absolute atomic E-state index is 0.376. The van der Waals surface area contributed by atoms with Crippen LogP contribution in [0.25, 0.3) is 0 Å². The van der Waals surface area contributed by atoms with E-state index in [9.17, 15) is 4.79 Å². The van der Waals surface area contributed by atoms with Crippen LogP contribution >= 0.6 is 0 Å². The first-order valence-corrected chi connectivity index (χ1v) is 5.23. The largest absolute Gasteiger partial charge is 0.478 e. The van der Waals surface area contributed by atoms with Gasteiger partial charge in [-0.05, 0) is 31.0 Å². The number of likely N-dealkylation sites (tertiary alicyclic amines) is 1. The SMILES string of the molecule is CC1CCN1Cc1cccc(C(=O)O)c1. The quantitative estimate of drug-likeness (QED) is 0.820.